The van der Waals surface area contributed by atoms with Gasteiger partial charge in [-0.25, -0.2) is 18.2 Å². The molecule has 0 spiro atoms. The lowest BCUT2D eigenvalue weighted by molar-refractivity contribution is -0.386. The molecule has 0 radical (unpaired) electrons. The molecule has 0 aliphatic heterocycles. The van der Waals surface area contributed by atoms with E-state index in [2.05, 4.69) is 10.4 Å². The second-order valence-corrected chi connectivity index (χ2v) is 7.08. The van der Waals surface area contributed by atoms with Crippen molar-refractivity contribution in [3.8, 4) is 5.75 Å². The summed E-state index contributed by atoms with van der Waals surface area (Å²) in [5.74, 6) is -0.361. The van der Waals surface area contributed by atoms with Crippen molar-refractivity contribution in [1.82, 2.24) is 9.78 Å². The van der Waals surface area contributed by atoms with E-state index in [9.17, 15) is 23.3 Å². The van der Waals surface area contributed by atoms with Crippen LogP contribution in [0, 0.1) is 10.1 Å². The van der Waals surface area contributed by atoms with Gasteiger partial charge in [-0.2, -0.15) is 5.10 Å². The van der Waals surface area contributed by atoms with Crippen molar-refractivity contribution in [1.29, 1.82) is 0 Å². The first-order valence-electron chi connectivity index (χ1n) is 7.37. The fourth-order valence-corrected chi connectivity index (χ4v) is 2.62. The molecule has 140 valence electrons. The van der Waals surface area contributed by atoms with E-state index < -0.39 is 38.0 Å². The zero-order valence-corrected chi connectivity index (χ0v) is 14.8. The third-order valence-corrected chi connectivity index (χ3v) is 4.15. The Bertz CT molecular complexity index is 937. The number of hydrogen-bond acceptors (Lipinski definition) is 7. The smallest absolute Gasteiger partial charge is 0.312 e. The first-order chi connectivity index (χ1) is 12.1. The normalized spacial score (nSPS) is 11.4. The molecule has 0 saturated heterocycles. The maximum absolute atomic E-state index is 12.0. The van der Waals surface area contributed by atoms with Gasteiger partial charge in [-0.1, -0.05) is 0 Å². The quantitative estimate of drug-likeness (QED) is 0.533. The number of primary sulfonamides is 1. The van der Waals surface area contributed by atoms with Gasteiger partial charge in [0.1, 0.15) is 5.82 Å². The summed E-state index contributed by atoms with van der Waals surface area (Å²) in [5, 5.41) is 22.7. The van der Waals surface area contributed by atoms with Crippen LogP contribution in [-0.4, -0.2) is 35.6 Å². The van der Waals surface area contributed by atoms with E-state index in [1.807, 2.05) is 13.8 Å². The van der Waals surface area contributed by atoms with E-state index in [1.54, 1.807) is 10.7 Å². The molecular weight excluding hydrogens is 366 g/mol. The number of nitrogens with one attached hydrogen (secondary N) is 1. The summed E-state index contributed by atoms with van der Waals surface area (Å²) >= 11 is 0. The third kappa shape index (κ3) is 4.55. The van der Waals surface area contributed by atoms with Crippen LogP contribution in [0.25, 0.3) is 0 Å². The minimum atomic E-state index is -4.10. The van der Waals surface area contributed by atoms with E-state index in [1.165, 1.54) is 6.20 Å². The summed E-state index contributed by atoms with van der Waals surface area (Å²) in [7, 11) is -4.10. The number of nitrogens with two attached hydrogens (primary N) is 1. The third-order valence-electron chi connectivity index (χ3n) is 3.24. The number of nitro benzene ring substituents is 1. The molecule has 12 heteroatoms. The number of benzene rings is 1. The van der Waals surface area contributed by atoms with Crippen LogP contribution >= 0.6 is 0 Å². The van der Waals surface area contributed by atoms with Crippen molar-refractivity contribution < 1.29 is 22.9 Å². The Morgan fingerprint density at radius 3 is 2.69 bits per heavy atom. The lowest BCUT2D eigenvalue weighted by Gasteiger charge is -2.12. The predicted molar refractivity (Wildman–Crippen MR) is 91.2 cm³/mol. The SMILES string of the molecule is CC(C)n1nccc1NC(=O)COc1ccc(S(N)(=O)=O)cc1[N+](=O)[O-]. The maximum Gasteiger partial charge on any atom is 0.312 e. The van der Waals surface area contributed by atoms with E-state index in [0.717, 1.165) is 18.2 Å². The molecule has 0 unspecified atom stereocenters. The Morgan fingerprint density at radius 1 is 1.42 bits per heavy atom. The number of hydrogen-bond donors (Lipinski definition) is 2. The summed E-state index contributed by atoms with van der Waals surface area (Å²) in [5.41, 5.74) is -0.614. The zero-order chi connectivity index (χ0) is 19.5. The van der Waals surface area contributed by atoms with Crippen molar-refractivity contribution in [3.63, 3.8) is 0 Å². The average Bonchev–Trinajstić information content (AvgIpc) is 3.00. The van der Waals surface area contributed by atoms with Gasteiger partial charge in [0.05, 0.1) is 16.0 Å². The summed E-state index contributed by atoms with van der Waals surface area (Å²) in [6.07, 6.45) is 1.52. The minimum Gasteiger partial charge on any atom is -0.477 e. The number of sulfonamides is 1. The van der Waals surface area contributed by atoms with Crippen LogP contribution in [0.15, 0.2) is 35.4 Å². The Labute approximate surface area is 148 Å². The van der Waals surface area contributed by atoms with Crippen LogP contribution in [0.3, 0.4) is 0 Å². The van der Waals surface area contributed by atoms with Gasteiger partial charge < -0.3 is 10.1 Å². The fraction of sp³-hybridized carbons (Fsp3) is 0.286. The molecule has 0 fully saturated rings. The number of aromatic nitrogens is 2. The summed E-state index contributed by atoms with van der Waals surface area (Å²) < 4.78 is 29.3. The predicted octanol–water partition coefficient (Wildman–Crippen LogP) is 1.04. The molecule has 0 aliphatic carbocycles. The molecule has 0 bridgehead atoms. The van der Waals surface area contributed by atoms with E-state index >= 15 is 0 Å². The Balaban J connectivity index is 2.12. The second kappa shape index (κ2) is 7.49. The van der Waals surface area contributed by atoms with Gasteiger partial charge in [-0.05, 0) is 26.0 Å². The van der Waals surface area contributed by atoms with Crippen LogP contribution in [0.4, 0.5) is 11.5 Å². The number of carbonyl (C=O) groups excluding carboxylic acids is 1. The van der Waals surface area contributed by atoms with Crippen molar-refractivity contribution in [3.05, 3.63) is 40.6 Å². The van der Waals surface area contributed by atoms with Gasteiger partial charge in [0, 0.05) is 18.2 Å². The number of ether oxygens (including phenoxy) is 1. The highest BCUT2D eigenvalue weighted by molar-refractivity contribution is 7.89. The van der Waals surface area contributed by atoms with Crippen molar-refractivity contribution in [2.24, 2.45) is 5.14 Å². The zero-order valence-electron chi connectivity index (χ0n) is 13.9. The summed E-state index contributed by atoms with van der Waals surface area (Å²) in [6.45, 7) is 3.25. The highest BCUT2D eigenvalue weighted by atomic mass is 32.2. The number of rotatable bonds is 7. The lowest BCUT2D eigenvalue weighted by atomic mass is 10.3. The fourth-order valence-electron chi connectivity index (χ4n) is 2.09. The van der Waals surface area contributed by atoms with Crippen LogP contribution in [0.5, 0.6) is 5.75 Å². The van der Waals surface area contributed by atoms with E-state index in [0.29, 0.717) is 5.82 Å². The monoisotopic (exact) mass is 383 g/mol. The molecule has 2 aromatic rings. The minimum absolute atomic E-state index is 0.0214. The molecule has 0 aliphatic rings. The maximum atomic E-state index is 12.0. The highest BCUT2D eigenvalue weighted by Gasteiger charge is 2.21. The first kappa shape index (κ1) is 19.3. The van der Waals surface area contributed by atoms with Crippen LogP contribution in [0.1, 0.15) is 19.9 Å². The van der Waals surface area contributed by atoms with Crippen molar-refractivity contribution >= 4 is 27.4 Å². The molecule has 0 saturated carbocycles. The molecule has 1 amide bonds. The number of amides is 1. The molecule has 1 heterocycles. The molecule has 26 heavy (non-hydrogen) atoms. The average molecular weight is 383 g/mol. The van der Waals surface area contributed by atoms with E-state index in [-0.39, 0.29) is 11.8 Å². The largest absolute Gasteiger partial charge is 0.477 e. The van der Waals surface area contributed by atoms with Crippen molar-refractivity contribution in [2.45, 2.75) is 24.8 Å². The first-order valence-corrected chi connectivity index (χ1v) is 8.91. The molecular formula is C14H17N5O6S. The molecule has 2 rings (SSSR count). The van der Waals surface area contributed by atoms with Crippen LogP contribution < -0.4 is 15.2 Å². The van der Waals surface area contributed by atoms with Crippen molar-refractivity contribution in [2.75, 3.05) is 11.9 Å². The van der Waals surface area contributed by atoms with Gasteiger partial charge in [0.2, 0.25) is 10.0 Å². The van der Waals surface area contributed by atoms with Crippen LogP contribution in [-0.2, 0) is 14.8 Å². The molecule has 3 N–H and O–H groups in total. The molecule has 0 atom stereocenters. The second-order valence-electron chi connectivity index (χ2n) is 5.52. The summed E-state index contributed by atoms with van der Waals surface area (Å²) in [4.78, 5) is 21.8. The number of nitro groups is 1. The molecule has 11 nitrogen and oxygen atoms in total. The topological polar surface area (TPSA) is 159 Å². The van der Waals surface area contributed by atoms with Gasteiger partial charge in [-0.15, -0.1) is 0 Å². The number of carbonyl (C=O) groups is 1. The van der Waals surface area contributed by atoms with Gasteiger partial charge in [0.25, 0.3) is 5.91 Å². The van der Waals surface area contributed by atoms with Gasteiger partial charge in [-0.3, -0.25) is 14.9 Å². The lowest BCUT2D eigenvalue weighted by Crippen LogP contribution is -2.23. The molecule has 1 aromatic heterocycles. The highest BCUT2D eigenvalue weighted by Crippen LogP contribution is 2.29. The Hall–Kier alpha value is -2.99. The Morgan fingerprint density at radius 2 is 2.12 bits per heavy atom. The number of anilines is 1. The summed E-state index contributed by atoms with van der Waals surface area (Å²) in [6, 6.07) is 4.53. The Kier molecular flexibility index (Phi) is 5.57. The number of nitrogens with zero attached hydrogens (tertiary/aromatic N) is 3. The van der Waals surface area contributed by atoms with Gasteiger partial charge in [0.15, 0.2) is 12.4 Å². The molecule has 1 aromatic carbocycles. The van der Waals surface area contributed by atoms with Crippen LogP contribution in [0.2, 0.25) is 0 Å². The standard InChI is InChI=1S/C14H17N5O6S/c1-9(2)18-13(5-6-16-18)17-14(20)8-25-12-4-3-10(26(15,23)24)7-11(12)19(21)22/h3-7,9H,8H2,1-2H3,(H,17,20)(H2,15,23,24). The van der Waals surface area contributed by atoms with Gasteiger partial charge >= 0.3 is 5.69 Å². The van der Waals surface area contributed by atoms with E-state index in [4.69, 9.17) is 9.88 Å².